The summed E-state index contributed by atoms with van der Waals surface area (Å²) in [5, 5.41) is 3.64. The number of carbonyl (C=O) groups is 2. The Kier molecular flexibility index (Phi) is 2.53. The van der Waals surface area contributed by atoms with Crippen molar-refractivity contribution in [2.45, 2.75) is 25.4 Å². The van der Waals surface area contributed by atoms with E-state index in [4.69, 9.17) is 0 Å². The van der Waals surface area contributed by atoms with E-state index in [1.165, 1.54) is 0 Å². The van der Waals surface area contributed by atoms with Crippen molar-refractivity contribution in [1.82, 2.24) is 15.8 Å². The molecule has 0 unspecified atom stereocenters. The van der Waals surface area contributed by atoms with Gasteiger partial charge in [0.25, 0.3) is 0 Å². The third kappa shape index (κ3) is 1.84. The lowest BCUT2D eigenvalue weighted by atomic mass is 10.2. The van der Waals surface area contributed by atoms with E-state index in [0.717, 1.165) is 5.01 Å². The summed E-state index contributed by atoms with van der Waals surface area (Å²) in [6.45, 7) is 1.66. The van der Waals surface area contributed by atoms with E-state index < -0.39 is 28.0 Å². The van der Waals surface area contributed by atoms with Crippen molar-refractivity contribution in [2.75, 3.05) is 11.5 Å². The number of hydrogen-bond donors (Lipinski definition) is 2. The number of nitrogens with one attached hydrogen (secondary N) is 2. The Balaban J connectivity index is 2.14. The second-order valence-electron chi connectivity index (χ2n) is 3.96. The van der Waals surface area contributed by atoms with Crippen molar-refractivity contribution in [3.63, 3.8) is 0 Å². The molecule has 0 aromatic rings. The quantitative estimate of drug-likeness (QED) is 0.588. The Morgan fingerprint density at radius 2 is 2.25 bits per heavy atom. The van der Waals surface area contributed by atoms with Gasteiger partial charge in [-0.1, -0.05) is 6.92 Å². The molecule has 0 aromatic carbocycles. The zero-order valence-corrected chi connectivity index (χ0v) is 9.58. The zero-order chi connectivity index (χ0) is 11.9. The second kappa shape index (κ2) is 3.62. The molecule has 3 amide bonds. The van der Waals surface area contributed by atoms with Crippen LogP contribution in [0.5, 0.6) is 0 Å². The molecule has 0 saturated carbocycles. The zero-order valence-electron chi connectivity index (χ0n) is 8.76. The molecule has 7 nitrogen and oxygen atoms in total. The molecule has 2 saturated heterocycles. The van der Waals surface area contributed by atoms with Gasteiger partial charge < -0.3 is 5.32 Å². The molecular formula is C8H13N3O4S. The number of hydrogen-bond acceptors (Lipinski definition) is 4. The molecule has 0 aromatic heterocycles. The Morgan fingerprint density at radius 3 is 2.88 bits per heavy atom. The molecule has 2 aliphatic rings. The summed E-state index contributed by atoms with van der Waals surface area (Å²) < 4.78 is 22.7. The third-order valence-electron chi connectivity index (χ3n) is 2.75. The van der Waals surface area contributed by atoms with Crippen LogP contribution in [0, 0.1) is 0 Å². The fraction of sp³-hybridized carbons (Fsp3) is 0.750. The van der Waals surface area contributed by atoms with Crippen molar-refractivity contribution in [3.8, 4) is 0 Å². The molecule has 2 aliphatic heterocycles. The van der Waals surface area contributed by atoms with Gasteiger partial charge in [-0.25, -0.2) is 18.2 Å². The summed E-state index contributed by atoms with van der Waals surface area (Å²) in [6, 6.07) is -1.32. The van der Waals surface area contributed by atoms with Gasteiger partial charge in [0.2, 0.25) is 5.91 Å². The van der Waals surface area contributed by atoms with Crippen LogP contribution in [0.1, 0.15) is 13.3 Å². The summed E-state index contributed by atoms with van der Waals surface area (Å²) in [7, 11) is -3.11. The van der Waals surface area contributed by atoms with Crippen molar-refractivity contribution < 1.29 is 18.0 Å². The Morgan fingerprint density at radius 1 is 1.56 bits per heavy atom. The molecule has 90 valence electrons. The van der Waals surface area contributed by atoms with Crippen molar-refractivity contribution >= 4 is 21.8 Å². The lowest BCUT2D eigenvalue weighted by Gasteiger charge is -2.21. The molecule has 2 heterocycles. The second-order valence-corrected chi connectivity index (χ2v) is 6.11. The number of hydrazine groups is 1. The number of urea groups is 1. The van der Waals surface area contributed by atoms with E-state index in [1.54, 1.807) is 6.92 Å². The van der Waals surface area contributed by atoms with E-state index in [9.17, 15) is 18.0 Å². The number of amides is 3. The van der Waals surface area contributed by atoms with Crippen LogP contribution in [-0.4, -0.2) is 49.0 Å². The van der Waals surface area contributed by atoms with Crippen LogP contribution in [0.4, 0.5) is 4.79 Å². The fourth-order valence-corrected chi connectivity index (χ4v) is 3.84. The normalized spacial score (nSPS) is 31.1. The Hall–Kier alpha value is -1.31. The number of rotatable bonds is 2. The van der Waals surface area contributed by atoms with Gasteiger partial charge in [-0.15, -0.1) is 0 Å². The lowest BCUT2D eigenvalue weighted by molar-refractivity contribution is -0.124. The number of sulfone groups is 1. The smallest absolute Gasteiger partial charge is 0.331 e. The first-order valence-corrected chi connectivity index (χ1v) is 6.84. The molecule has 2 atom stereocenters. The molecule has 0 spiro atoms. The average Bonchev–Trinajstić information content (AvgIpc) is 2.60. The maximum atomic E-state index is 11.5. The maximum Gasteiger partial charge on any atom is 0.336 e. The Bertz CT molecular complexity index is 433. The standard InChI is InChI=1S/C8H13N3O4S/c1-2-7(12)10-11-6-4-16(14,15)3-5(6)9-8(11)13/h5-6H,2-4H2,1H3,(H,9,13)(H,10,12)/t5-,6+/m0/s1. The first-order chi connectivity index (χ1) is 7.43. The van der Waals surface area contributed by atoms with E-state index >= 15 is 0 Å². The number of carbonyl (C=O) groups excluding carboxylic acids is 2. The minimum Gasteiger partial charge on any atom is -0.331 e. The van der Waals surface area contributed by atoms with E-state index in [0.29, 0.717) is 0 Å². The van der Waals surface area contributed by atoms with E-state index in [1.807, 2.05) is 0 Å². The van der Waals surface area contributed by atoms with Gasteiger partial charge in [-0.2, -0.15) is 0 Å². The fourth-order valence-electron chi connectivity index (χ4n) is 1.95. The highest BCUT2D eigenvalue weighted by Gasteiger charge is 2.49. The molecule has 2 N–H and O–H groups in total. The van der Waals surface area contributed by atoms with Crippen LogP contribution in [0.25, 0.3) is 0 Å². The van der Waals surface area contributed by atoms with Crippen molar-refractivity contribution in [3.05, 3.63) is 0 Å². The SMILES string of the molecule is CCC(=O)NN1C(=O)N[C@H]2CS(=O)(=O)C[C@H]21. The van der Waals surface area contributed by atoms with Crippen LogP contribution in [-0.2, 0) is 14.6 Å². The van der Waals surface area contributed by atoms with Gasteiger partial charge in [0.05, 0.1) is 23.6 Å². The highest BCUT2D eigenvalue weighted by Crippen LogP contribution is 2.22. The first-order valence-electron chi connectivity index (χ1n) is 5.02. The summed E-state index contributed by atoms with van der Waals surface area (Å²) in [5.74, 6) is -0.456. The predicted octanol–water partition coefficient (Wildman–Crippen LogP) is -1.38. The number of nitrogens with zero attached hydrogens (tertiary/aromatic N) is 1. The van der Waals surface area contributed by atoms with Gasteiger partial charge in [0, 0.05) is 6.42 Å². The van der Waals surface area contributed by atoms with Gasteiger partial charge in [0.1, 0.15) is 0 Å². The molecule has 16 heavy (non-hydrogen) atoms. The molecule has 8 heteroatoms. The Labute approximate surface area is 93.1 Å². The first kappa shape index (κ1) is 11.2. The minimum atomic E-state index is -3.11. The van der Waals surface area contributed by atoms with Gasteiger partial charge in [-0.05, 0) is 0 Å². The lowest BCUT2D eigenvalue weighted by Crippen LogP contribution is -2.49. The van der Waals surface area contributed by atoms with E-state index in [-0.39, 0.29) is 23.8 Å². The molecular weight excluding hydrogens is 234 g/mol. The molecule has 0 bridgehead atoms. The largest absolute Gasteiger partial charge is 0.336 e. The van der Waals surface area contributed by atoms with Gasteiger partial charge in [-0.3, -0.25) is 10.2 Å². The van der Waals surface area contributed by atoms with Gasteiger partial charge >= 0.3 is 6.03 Å². The van der Waals surface area contributed by atoms with Crippen LogP contribution >= 0.6 is 0 Å². The molecule has 2 rings (SSSR count). The van der Waals surface area contributed by atoms with Crippen molar-refractivity contribution in [2.24, 2.45) is 0 Å². The maximum absolute atomic E-state index is 11.5. The van der Waals surface area contributed by atoms with Crippen LogP contribution in [0.3, 0.4) is 0 Å². The van der Waals surface area contributed by atoms with E-state index in [2.05, 4.69) is 10.7 Å². The molecule has 2 fully saturated rings. The van der Waals surface area contributed by atoms with Crippen LogP contribution in [0.15, 0.2) is 0 Å². The third-order valence-corrected chi connectivity index (χ3v) is 4.46. The monoisotopic (exact) mass is 247 g/mol. The minimum absolute atomic E-state index is 0.0537. The number of fused-ring (bicyclic) bond motifs is 1. The average molecular weight is 247 g/mol. The van der Waals surface area contributed by atoms with Crippen molar-refractivity contribution in [1.29, 1.82) is 0 Å². The van der Waals surface area contributed by atoms with Crippen LogP contribution in [0.2, 0.25) is 0 Å². The topological polar surface area (TPSA) is 95.6 Å². The van der Waals surface area contributed by atoms with Crippen LogP contribution < -0.4 is 10.7 Å². The predicted molar refractivity (Wildman–Crippen MR) is 55.0 cm³/mol. The summed E-state index contributed by atoms with van der Waals surface area (Å²) in [6.07, 6.45) is 0.244. The molecule has 0 radical (unpaired) electrons. The summed E-state index contributed by atoms with van der Waals surface area (Å²) in [5.41, 5.74) is 2.41. The molecule has 0 aliphatic carbocycles. The highest BCUT2D eigenvalue weighted by molar-refractivity contribution is 7.91. The summed E-state index contributed by atoms with van der Waals surface area (Å²) >= 11 is 0. The van der Waals surface area contributed by atoms with Gasteiger partial charge in [0.15, 0.2) is 9.84 Å². The summed E-state index contributed by atoms with van der Waals surface area (Å²) in [4.78, 5) is 22.6. The highest BCUT2D eigenvalue weighted by atomic mass is 32.2.